The van der Waals surface area contributed by atoms with Gasteiger partial charge in [-0.3, -0.25) is 0 Å². The summed E-state index contributed by atoms with van der Waals surface area (Å²) < 4.78 is 0. The van der Waals surface area contributed by atoms with Gasteiger partial charge in [0.2, 0.25) is 0 Å². The Bertz CT molecular complexity index is 410. The molecule has 2 unspecified atom stereocenters. The Morgan fingerprint density at radius 3 is 2.95 bits per heavy atom. The SMILES string of the molecule is CCNc1cccc(N2CC(O)CC2CN(C)C)n1. The zero-order valence-corrected chi connectivity index (χ0v) is 12.0. The first-order valence-electron chi connectivity index (χ1n) is 6.90. The van der Waals surface area contributed by atoms with Crippen molar-refractivity contribution in [3.63, 3.8) is 0 Å². The summed E-state index contributed by atoms with van der Waals surface area (Å²) in [6, 6.07) is 6.33. The number of hydrogen-bond donors (Lipinski definition) is 2. The zero-order chi connectivity index (χ0) is 13.8. The molecule has 106 valence electrons. The van der Waals surface area contributed by atoms with Gasteiger partial charge in [-0.15, -0.1) is 0 Å². The number of nitrogens with one attached hydrogen (secondary N) is 1. The number of aliphatic hydroxyl groups is 1. The number of nitrogens with zero attached hydrogens (tertiary/aromatic N) is 3. The molecule has 0 aromatic carbocycles. The molecule has 0 amide bonds. The van der Waals surface area contributed by atoms with Crippen molar-refractivity contribution >= 4 is 11.6 Å². The predicted molar refractivity (Wildman–Crippen MR) is 78.7 cm³/mol. The lowest BCUT2D eigenvalue weighted by Gasteiger charge is -2.28. The van der Waals surface area contributed by atoms with Gasteiger partial charge in [-0.05, 0) is 39.6 Å². The second kappa shape index (κ2) is 6.21. The molecule has 2 heterocycles. The van der Waals surface area contributed by atoms with E-state index in [2.05, 4.69) is 41.1 Å². The molecule has 1 aromatic heterocycles. The van der Waals surface area contributed by atoms with Crippen molar-refractivity contribution in [2.24, 2.45) is 0 Å². The van der Waals surface area contributed by atoms with Gasteiger partial charge in [0, 0.05) is 25.7 Å². The third kappa shape index (κ3) is 3.58. The molecule has 0 bridgehead atoms. The third-order valence-electron chi connectivity index (χ3n) is 3.35. The number of aliphatic hydroxyl groups excluding tert-OH is 1. The van der Waals surface area contributed by atoms with E-state index in [4.69, 9.17) is 0 Å². The van der Waals surface area contributed by atoms with Crippen molar-refractivity contribution in [3.05, 3.63) is 18.2 Å². The molecular weight excluding hydrogens is 240 g/mol. The molecule has 5 heteroatoms. The minimum atomic E-state index is -0.255. The van der Waals surface area contributed by atoms with E-state index in [9.17, 15) is 5.11 Å². The molecule has 0 radical (unpaired) electrons. The number of anilines is 2. The Labute approximate surface area is 115 Å². The molecule has 0 spiro atoms. The summed E-state index contributed by atoms with van der Waals surface area (Å²) >= 11 is 0. The Balaban J connectivity index is 2.16. The molecular formula is C14H24N4O. The van der Waals surface area contributed by atoms with Crippen LogP contribution in [0.2, 0.25) is 0 Å². The van der Waals surface area contributed by atoms with E-state index in [0.717, 1.165) is 31.1 Å². The van der Waals surface area contributed by atoms with E-state index >= 15 is 0 Å². The number of β-amino-alcohol motifs (C(OH)–C–C–N with tert-alkyl or cyclic N) is 1. The van der Waals surface area contributed by atoms with Gasteiger partial charge in [0.05, 0.1) is 6.10 Å². The van der Waals surface area contributed by atoms with Gasteiger partial charge in [-0.25, -0.2) is 4.98 Å². The number of aromatic nitrogens is 1. The lowest BCUT2D eigenvalue weighted by atomic mass is 10.2. The van der Waals surface area contributed by atoms with Crippen molar-refractivity contribution in [1.82, 2.24) is 9.88 Å². The molecule has 19 heavy (non-hydrogen) atoms. The van der Waals surface area contributed by atoms with Crippen molar-refractivity contribution in [3.8, 4) is 0 Å². The second-order valence-electron chi connectivity index (χ2n) is 5.37. The molecule has 1 aliphatic rings. The van der Waals surface area contributed by atoms with Crippen molar-refractivity contribution < 1.29 is 5.11 Å². The molecule has 1 aromatic rings. The van der Waals surface area contributed by atoms with Gasteiger partial charge in [-0.2, -0.15) is 0 Å². The number of likely N-dealkylation sites (N-methyl/N-ethyl adjacent to an activating group) is 1. The average molecular weight is 264 g/mol. The molecule has 5 nitrogen and oxygen atoms in total. The normalized spacial score (nSPS) is 23.1. The summed E-state index contributed by atoms with van der Waals surface area (Å²) in [5.41, 5.74) is 0. The van der Waals surface area contributed by atoms with Crippen LogP contribution < -0.4 is 10.2 Å². The smallest absolute Gasteiger partial charge is 0.131 e. The molecule has 2 rings (SSSR count). The lowest BCUT2D eigenvalue weighted by molar-refractivity contribution is 0.191. The summed E-state index contributed by atoms with van der Waals surface area (Å²) in [5, 5.41) is 13.1. The first kappa shape index (κ1) is 14.1. The van der Waals surface area contributed by atoms with Gasteiger partial charge in [0.25, 0.3) is 0 Å². The van der Waals surface area contributed by atoms with E-state index in [0.29, 0.717) is 12.6 Å². The first-order chi connectivity index (χ1) is 9.10. The summed E-state index contributed by atoms with van der Waals surface area (Å²) in [4.78, 5) is 8.99. The van der Waals surface area contributed by atoms with Crippen LogP contribution in [-0.2, 0) is 0 Å². The van der Waals surface area contributed by atoms with E-state index in [-0.39, 0.29) is 6.10 Å². The molecule has 0 saturated carbocycles. The van der Waals surface area contributed by atoms with Crippen molar-refractivity contribution in [2.45, 2.75) is 25.5 Å². The molecule has 2 atom stereocenters. The molecule has 1 saturated heterocycles. The summed E-state index contributed by atoms with van der Waals surface area (Å²) in [6.07, 6.45) is 0.556. The van der Waals surface area contributed by atoms with Crippen LogP contribution in [0.4, 0.5) is 11.6 Å². The number of hydrogen-bond acceptors (Lipinski definition) is 5. The number of pyridine rings is 1. The van der Waals surface area contributed by atoms with Crippen LogP contribution in [0.1, 0.15) is 13.3 Å². The minimum absolute atomic E-state index is 0.255. The maximum Gasteiger partial charge on any atom is 0.131 e. The van der Waals surface area contributed by atoms with Crippen molar-refractivity contribution in [2.75, 3.05) is 43.9 Å². The topological polar surface area (TPSA) is 51.6 Å². The molecule has 2 N–H and O–H groups in total. The minimum Gasteiger partial charge on any atom is -0.391 e. The summed E-state index contributed by atoms with van der Waals surface area (Å²) in [6.45, 7) is 4.52. The fraction of sp³-hybridized carbons (Fsp3) is 0.643. The van der Waals surface area contributed by atoms with E-state index in [1.165, 1.54) is 0 Å². The monoisotopic (exact) mass is 264 g/mol. The highest BCUT2D eigenvalue weighted by Gasteiger charge is 2.32. The maximum atomic E-state index is 9.91. The third-order valence-corrected chi connectivity index (χ3v) is 3.35. The van der Waals surface area contributed by atoms with E-state index in [1.54, 1.807) is 0 Å². The average Bonchev–Trinajstić information content (AvgIpc) is 2.70. The van der Waals surface area contributed by atoms with Crippen LogP contribution in [0.25, 0.3) is 0 Å². The van der Waals surface area contributed by atoms with Gasteiger partial charge in [-0.1, -0.05) is 6.07 Å². The van der Waals surface area contributed by atoms with E-state index < -0.39 is 0 Å². The van der Waals surface area contributed by atoms with Crippen LogP contribution in [0.5, 0.6) is 0 Å². The van der Waals surface area contributed by atoms with Crippen LogP contribution in [0.15, 0.2) is 18.2 Å². The van der Waals surface area contributed by atoms with Crippen LogP contribution in [0, 0.1) is 0 Å². The zero-order valence-electron chi connectivity index (χ0n) is 12.0. The van der Waals surface area contributed by atoms with Gasteiger partial charge in [0.15, 0.2) is 0 Å². The summed E-state index contributed by atoms with van der Waals surface area (Å²) in [7, 11) is 4.12. The van der Waals surface area contributed by atoms with Crippen molar-refractivity contribution in [1.29, 1.82) is 0 Å². The Morgan fingerprint density at radius 1 is 1.47 bits per heavy atom. The fourth-order valence-electron chi connectivity index (χ4n) is 2.63. The quantitative estimate of drug-likeness (QED) is 0.831. The maximum absolute atomic E-state index is 9.91. The van der Waals surface area contributed by atoms with Gasteiger partial charge in [0.1, 0.15) is 11.6 Å². The lowest BCUT2D eigenvalue weighted by Crippen LogP contribution is -2.38. The van der Waals surface area contributed by atoms with Crippen LogP contribution in [0.3, 0.4) is 0 Å². The Kier molecular flexibility index (Phi) is 4.61. The molecule has 1 aliphatic heterocycles. The largest absolute Gasteiger partial charge is 0.391 e. The number of rotatable bonds is 5. The fourth-order valence-corrected chi connectivity index (χ4v) is 2.63. The predicted octanol–water partition coefficient (Wildman–Crippen LogP) is 1.01. The highest BCUT2D eigenvalue weighted by Crippen LogP contribution is 2.25. The Hall–Kier alpha value is -1.33. The van der Waals surface area contributed by atoms with Crippen LogP contribution >= 0.6 is 0 Å². The highest BCUT2D eigenvalue weighted by atomic mass is 16.3. The second-order valence-corrected chi connectivity index (χ2v) is 5.37. The Morgan fingerprint density at radius 2 is 2.26 bits per heavy atom. The molecule has 1 fully saturated rings. The van der Waals surface area contributed by atoms with Crippen LogP contribution in [-0.4, -0.2) is 60.9 Å². The standard InChI is InChI=1S/C14H24N4O/c1-4-15-13-6-5-7-14(16-13)18-10-12(19)8-11(18)9-17(2)3/h5-7,11-12,19H,4,8-10H2,1-3H3,(H,15,16). The van der Waals surface area contributed by atoms with E-state index in [1.807, 2.05) is 18.2 Å². The first-order valence-corrected chi connectivity index (χ1v) is 6.90. The van der Waals surface area contributed by atoms with Gasteiger partial charge < -0.3 is 20.2 Å². The summed E-state index contributed by atoms with van der Waals surface area (Å²) in [5.74, 6) is 1.84. The highest BCUT2D eigenvalue weighted by molar-refractivity contribution is 5.48. The molecule has 0 aliphatic carbocycles. The van der Waals surface area contributed by atoms with Gasteiger partial charge >= 0.3 is 0 Å².